The minimum atomic E-state index is 0.302. The molecule has 0 aliphatic heterocycles. The van der Waals surface area contributed by atoms with Crippen LogP contribution >= 0.6 is 27.3 Å². The number of likely N-dealkylation sites (N-methyl/N-ethyl adjacent to an activating group) is 1. The van der Waals surface area contributed by atoms with Crippen molar-refractivity contribution in [2.45, 2.75) is 13.0 Å². The minimum Gasteiger partial charge on any atom is -0.310 e. The molecule has 1 heterocycles. The monoisotopic (exact) mass is 309 g/mol. The number of alkyl halides is 1. The number of halogens is 1. The Labute approximate surface area is 115 Å². The summed E-state index contributed by atoms with van der Waals surface area (Å²) in [5, 5.41) is 7.75. The molecule has 0 radical (unpaired) electrons. The number of hydrogen-bond acceptors (Lipinski definition) is 2. The SMILES string of the molecule is C=C(c1ccc2sccc2c1)C(CBr)NCC. The Morgan fingerprint density at radius 1 is 1.47 bits per heavy atom. The molecule has 1 N–H and O–H groups in total. The third-order valence-corrected chi connectivity index (χ3v) is 4.39. The van der Waals surface area contributed by atoms with Gasteiger partial charge in [0, 0.05) is 16.1 Å². The van der Waals surface area contributed by atoms with Crippen molar-refractivity contribution in [3.05, 3.63) is 41.8 Å². The molecule has 2 aromatic rings. The van der Waals surface area contributed by atoms with Crippen LogP contribution in [0.4, 0.5) is 0 Å². The topological polar surface area (TPSA) is 12.0 Å². The zero-order chi connectivity index (χ0) is 12.3. The first-order chi connectivity index (χ1) is 8.26. The number of hydrogen-bond donors (Lipinski definition) is 1. The van der Waals surface area contributed by atoms with Gasteiger partial charge in [0.15, 0.2) is 0 Å². The molecule has 0 bridgehead atoms. The van der Waals surface area contributed by atoms with Crippen LogP contribution in [0, 0.1) is 0 Å². The lowest BCUT2D eigenvalue weighted by atomic mass is 10.0. The fraction of sp³-hybridized carbons (Fsp3) is 0.286. The van der Waals surface area contributed by atoms with Crippen LogP contribution in [0.1, 0.15) is 12.5 Å². The molecule has 3 heteroatoms. The third kappa shape index (κ3) is 2.79. The summed E-state index contributed by atoms with van der Waals surface area (Å²) >= 11 is 5.31. The van der Waals surface area contributed by atoms with E-state index in [0.29, 0.717) is 6.04 Å². The number of benzene rings is 1. The summed E-state index contributed by atoms with van der Waals surface area (Å²) < 4.78 is 1.33. The van der Waals surface area contributed by atoms with E-state index in [4.69, 9.17) is 0 Å². The van der Waals surface area contributed by atoms with Crippen LogP contribution in [-0.4, -0.2) is 17.9 Å². The molecular formula is C14H16BrNS. The van der Waals surface area contributed by atoms with Gasteiger partial charge >= 0.3 is 0 Å². The second-order valence-electron chi connectivity index (χ2n) is 3.96. The van der Waals surface area contributed by atoms with Gasteiger partial charge in [-0.2, -0.15) is 0 Å². The molecule has 0 amide bonds. The lowest BCUT2D eigenvalue weighted by Gasteiger charge is -2.18. The Kier molecular flexibility index (Phi) is 4.37. The van der Waals surface area contributed by atoms with Crippen LogP contribution < -0.4 is 5.32 Å². The molecule has 1 nitrogen and oxygen atoms in total. The summed E-state index contributed by atoms with van der Waals surface area (Å²) in [6, 6.07) is 9.02. The summed E-state index contributed by atoms with van der Waals surface area (Å²) in [7, 11) is 0. The van der Waals surface area contributed by atoms with Gasteiger partial charge in [-0.3, -0.25) is 0 Å². The van der Waals surface area contributed by atoms with E-state index in [0.717, 1.165) is 17.4 Å². The summed E-state index contributed by atoms with van der Waals surface area (Å²) in [6.45, 7) is 7.29. The highest BCUT2D eigenvalue weighted by molar-refractivity contribution is 9.09. The third-order valence-electron chi connectivity index (χ3n) is 2.85. The molecule has 0 aliphatic rings. The first kappa shape index (κ1) is 12.8. The van der Waals surface area contributed by atoms with Crippen LogP contribution in [0.25, 0.3) is 15.7 Å². The van der Waals surface area contributed by atoms with Crippen LogP contribution in [0.3, 0.4) is 0 Å². The Morgan fingerprint density at radius 2 is 2.29 bits per heavy atom. The second kappa shape index (κ2) is 5.80. The quantitative estimate of drug-likeness (QED) is 0.813. The van der Waals surface area contributed by atoms with Crippen LogP contribution in [0.5, 0.6) is 0 Å². The van der Waals surface area contributed by atoms with Crippen molar-refractivity contribution < 1.29 is 0 Å². The maximum atomic E-state index is 4.22. The number of thiophene rings is 1. The molecule has 17 heavy (non-hydrogen) atoms. The molecule has 1 aromatic carbocycles. The van der Waals surface area contributed by atoms with E-state index in [9.17, 15) is 0 Å². The highest BCUT2D eigenvalue weighted by Gasteiger charge is 2.12. The van der Waals surface area contributed by atoms with Gasteiger partial charge < -0.3 is 5.32 Å². The van der Waals surface area contributed by atoms with Crippen molar-refractivity contribution in [3.8, 4) is 0 Å². The Morgan fingerprint density at radius 3 is 3.00 bits per heavy atom. The fourth-order valence-electron chi connectivity index (χ4n) is 1.88. The van der Waals surface area contributed by atoms with Gasteiger partial charge in [-0.05, 0) is 46.6 Å². The average Bonchev–Trinajstić information content (AvgIpc) is 2.82. The highest BCUT2D eigenvalue weighted by atomic mass is 79.9. The summed E-state index contributed by atoms with van der Waals surface area (Å²) in [5.41, 5.74) is 2.37. The van der Waals surface area contributed by atoms with Crippen molar-refractivity contribution in [3.63, 3.8) is 0 Å². The number of nitrogens with one attached hydrogen (secondary N) is 1. The first-order valence-electron chi connectivity index (χ1n) is 5.72. The van der Waals surface area contributed by atoms with Crippen molar-refractivity contribution in [1.82, 2.24) is 5.32 Å². The van der Waals surface area contributed by atoms with E-state index >= 15 is 0 Å². The molecule has 0 saturated carbocycles. The van der Waals surface area contributed by atoms with Gasteiger partial charge in [-0.15, -0.1) is 11.3 Å². The molecular weight excluding hydrogens is 294 g/mol. The van der Waals surface area contributed by atoms with Crippen LogP contribution in [0.15, 0.2) is 36.2 Å². The van der Waals surface area contributed by atoms with Crippen molar-refractivity contribution in [2.24, 2.45) is 0 Å². The van der Waals surface area contributed by atoms with E-state index in [2.05, 4.69) is 64.4 Å². The molecule has 0 spiro atoms. The second-order valence-corrected chi connectivity index (χ2v) is 5.56. The zero-order valence-electron chi connectivity index (χ0n) is 9.87. The van der Waals surface area contributed by atoms with E-state index in [1.165, 1.54) is 15.6 Å². The molecule has 1 aromatic heterocycles. The predicted octanol–water partition coefficient (Wildman–Crippen LogP) is 4.29. The molecule has 1 atom stereocenters. The summed E-state index contributed by atoms with van der Waals surface area (Å²) in [4.78, 5) is 0. The van der Waals surface area contributed by atoms with E-state index in [1.54, 1.807) is 11.3 Å². The normalized spacial score (nSPS) is 12.8. The van der Waals surface area contributed by atoms with Crippen molar-refractivity contribution >= 4 is 42.9 Å². The van der Waals surface area contributed by atoms with Crippen LogP contribution in [-0.2, 0) is 0 Å². The van der Waals surface area contributed by atoms with Gasteiger partial charge in [0.25, 0.3) is 0 Å². The molecule has 90 valence electrons. The first-order valence-corrected chi connectivity index (χ1v) is 7.72. The van der Waals surface area contributed by atoms with Crippen LogP contribution in [0.2, 0.25) is 0 Å². The van der Waals surface area contributed by atoms with Crippen molar-refractivity contribution in [2.75, 3.05) is 11.9 Å². The minimum absolute atomic E-state index is 0.302. The Bertz CT molecular complexity index is 518. The van der Waals surface area contributed by atoms with E-state index < -0.39 is 0 Å². The Balaban J connectivity index is 2.28. The number of rotatable bonds is 5. The average molecular weight is 310 g/mol. The fourth-order valence-corrected chi connectivity index (χ4v) is 3.28. The lowest BCUT2D eigenvalue weighted by molar-refractivity contribution is 0.684. The molecule has 0 fully saturated rings. The molecule has 1 unspecified atom stereocenters. The smallest absolute Gasteiger partial charge is 0.0418 e. The van der Waals surface area contributed by atoms with Crippen molar-refractivity contribution in [1.29, 1.82) is 0 Å². The van der Waals surface area contributed by atoms with Gasteiger partial charge in [0.1, 0.15) is 0 Å². The zero-order valence-corrected chi connectivity index (χ0v) is 12.3. The maximum Gasteiger partial charge on any atom is 0.0418 e. The van der Waals surface area contributed by atoms with E-state index in [-0.39, 0.29) is 0 Å². The van der Waals surface area contributed by atoms with Gasteiger partial charge in [0.05, 0.1) is 0 Å². The molecule has 0 saturated heterocycles. The maximum absolute atomic E-state index is 4.22. The molecule has 2 rings (SSSR count). The summed E-state index contributed by atoms with van der Waals surface area (Å²) in [6.07, 6.45) is 0. The largest absolute Gasteiger partial charge is 0.310 e. The Hall–Kier alpha value is -0.640. The van der Waals surface area contributed by atoms with E-state index in [1.807, 2.05) is 0 Å². The standard InChI is InChI=1S/C14H16BrNS/c1-3-16-13(9-15)10(2)11-4-5-14-12(8-11)6-7-17-14/h4-8,13,16H,2-3,9H2,1H3. The highest BCUT2D eigenvalue weighted by Crippen LogP contribution is 2.26. The molecule has 0 aliphatic carbocycles. The lowest BCUT2D eigenvalue weighted by Crippen LogP contribution is -2.31. The number of fused-ring (bicyclic) bond motifs is 1. The summed E-state index contributed by atoms with van der Waals surface area (Å²) in [5.74, 6) is 0. The predicted molar refractivity (Wildman–Crippen MR) is 82.1 cm³/mol. The van der Waals surface area contributed by atoms with Gasteiger partial charge in [-0.25, -0.2) is 0 Å². The van der Waals surface area contributed by atoms with Gasteiger partial charge in [-0.1, -0.05) is 35.5 Å². The van der Waals surface area contributed by atoms with Gasteiger partial charge in [0.2, 0.25) is 0 Å².